The summed E-state index contributed by atoms with van der Waals surface area (Å²) in [5.41, 5.74) is 5.21. The minimum Gasteiger partial charge on any atom is -0.0952 e. The minimum atomic E-state index is 1.02. The number of rotatable bonds is 4. The highest BCUT2D eigenvalue weighted by atomic mass is 14.1. The maximum atomic E-state index is 4.20. The average molecular weight is 222 g/mol. The fourth-order valence-electron chi connectivity index (χ4n) is 2.04. The van der Waals surface area contributed by atoms with E-state index in [0.29, 0.717) is 0 Å². The molecule has 0 nitrogen and oxygen atoms in total. The van der Waals surface area contributed by atoms with Crippen molar-refractivity contribution in [3.05, 3.63) is 77.9 Å². The summed E-state index contributed by atoms with van der Waals surface area (Å²) < 4.78 is 0. The molecule has 0 bridgehead atoms. The van der Waals surface area contributed by atoms with E-state index in [1.807, 2.05) is 0 Å². The summed E-state index contributed by atoms with van der Waals surface area (Å²) >= 11 is 0. The number of allylic oxidation sites excluding steroid dienone is 1. The van der Waals surface area contributed by atoms with Gasteiger partial charge in [0.05, 0.1) is 0 Å². The van der Waals surface area contributed by atoms with Gasteiger partial charge in [0.2, 0.25) is 0 Å². The highest BCUT2D eigenvalue weighted by Crippen LogP contribution is 2.21. The van der Waals surface area contributed by atoms with Crippen LogP contribution in [0.25, 0.3) is 5.57 Å². The quantitative estimate of drug-likeness (QED) is 0.707. The molecule has 0 radical (unpaired) electrons. The summed E-state index contributed by atoms with van der Waals surface area (Å²) in [5.74, 6) is 0. The Bertz CT molecular complexity index is 494. The molecule has 2 rings (SSSR count). The molecule has 0 saturated heterocycles. The zero-order chi connectivity index (χ0) is 12.1. The monoisotopic (exact) mass is 222 g/mol. The first-order valence-corrected chi connectivity index (χ1v) is 6.05. The maximum Gasteiger partial charge on any atom is -0.0201 e. The molecule has 2 aromatic rings. The van der Waals surface area contributed by atoms with Crippen LogP contribution in [0.3, 0.4) is 0 Å². The van der Waals surface area contributed by atoms with Crippen molar-refractivity contribution in [2.45, 2.75) is 19.8 Å². The average Bonchev–Trinajstić information content (AvgIpc) is 2.38. The smallest absolute Gasteiger partial charge is 0.0201 e. The lowest BCUT2D eigenvalue weighted by molar-refractivity contribution is 1.02. The van der Waals surface area contributed by atoms with Crippen LogP contribution in [0.15, 0.2) is 61.2 Å². The fourth-order valence-corrected chi connectivity index (χ4v) is 2.04. The van der Waals surface area contributed by atoms with Crippen molar-refractivity contribution in [3.63, 3.8) is 0 Å². The molecule has 2 aromatic carbocycles. The van der Waals surface area contributed by atoms with Crippen molar-refractivity contribution in [2.24, 2.45) is 0 Å². The van der Waals surface area contributed by atoms with E-state index >= 15 is 0 Å². The molecule has 0 heterocycles. The first-order valence-electron chi connectivity index (χ1n) is 6.05. The molecule has 0 saturated carbocycles. The lowest BCUT2D eigenvalue weighted by Gasteiger charge is -2.09. The van der Waals surface area contributed by atoms with E-state index in [1.165, 1.54) is 22.3 Å². The molecule has 17 heavy (non-hydrogen) atoms. The van der Waals surface area contributed by atoms with Crippen molar-refractivity contribution < 1.29 is 0 Å². The number of benzene rings is 2. The molecular weight excluding hydrogens is 204 g/mol. The van der Waals surface area contributed by atoms with Crippen molar-refractivity contribution >= 4 is 5.57 Å². The van der Waals surface area contributed by atoms with Gasteiger partial charge in [0, 0.05) is 0 Å². The lowest BCUT2D eigenvalue weighted by Crippen LogP contribution is -1.90. The Labute approximate surface area is 104 Å². The summed E-state index contributed by atoms with van der Waals surface area (Å²) in [6, 6.07) is 19.0. The number of aryl methyl sites for hydroxylation is 2. The van der Waals surface area contributed by atoms with Crippen LogP contribution in [-0.4, -0.2) is 0 Å². The second-order valence-corrected chi connectivity index (χ2v) is 4.40. The van der Waals surface area contributed by atoms with E-state index in [4.69, 9.17) is 0 Å². The predicted molar refractivity (Wildman–Crippen MR) is 75.0 cm³/mol. The first kappa shape index (κ1) is 11.7. The van der Waals surface area contributed by atoms with Crippen LogP contribution >= 0.6 is 0 Å². The van der Waals surface area contributed by atoms with Crippen LogP contribution in [0, 0.1) is 6.92 Å². The van der Waals surface area contributed by atoms with Crippen LogP contribution in [0.4, 0.5) is 0 Å². The van der Waals surface area contributed by atoms with Gasteiger partial charge in [0.25, 0.3) is 0 Å². The lowest BCUT2D eigenvalue weighted by atomic mass is 9.96. The number of hydrogen-bond donors (Lipinski definition) is 0. The molecule has 0 atom stereocenters. The Morgan fingerprint density at radius 2 is 1.59 bits per heavy atom. The molecule has 0 amide bonds. The zero-order valence-corrected chi connectivity index (χ0v) is 10.3. The van der Waals surface area contributed by atoms with Gasteiger partial charge >= 0.3 is 0 Å². The highest BCUT2D eigenvalue weighted by Gasteiger charge is 2.02. The van der Waals surface area contributed by atoms with Crippen LogP contribution in [0.1, 0.15) is 23.1 Å². The highest BCUT2D eigenvalue weighted by molar-refractivity contribution is 5.66. The predicted octanol–water partition coefficient (Wildman–Crippen LogP) is 4.64. The van der Waals surface area contributed by atoms with Gasteiger partial charge < -0.3 is 0 Å². The van der Waals surface area contributed by atoms with Gasteiger partial charge in [-0.05, 0) is 42.0 Å². The van der Waals surface area contributed by atoms with Crippen molar-refractivity contribution in [1.82, 2.24) is 0 Å². The zero-order valence-electron chi connectivity index (χ0n) is 10.3. The third-order valence-electron chi connectivity index (χ3n) is 3.08. The van der Waals surface area contributed by atoms with E-state index in [2.05, 4.69) is 68.1 Å². The van der Waals surface area contributed by atoms with Gasteiger partial charge in [0.1, 0.15) is 0 Å². The van der Waals surface area contributed by atoms with E-state index in [0.717, 1.165) is 12.8 Å². The summed E-state index contributed by atoms with van der Waals surface area (Å²) in [4.78, 5) is 0. The standard InChI is InChI=1S/C17H18/c1-14-8-6-7-11-17(14)15(2)12-13-16-9-4-3-5-10-16/h3-11H,2,12-13H2,1H3. The SMILES string of the molecule is C=C(CCc1ccccc1)c1ccccc1C. The van der Waals surface area contributed by atoms with E-state index in [9.17, 15) is 0 Å². The molecule has 0 N–H and O–H groups in total. The fraction of sp³-hybridized carbons (Fsp3) is 0.176. The molecule has 0 spiro atoms. The minimum absolute atomic E-state index is 1.02. The third-order valence-corrected chi connectivity index (χ3v) is 3.08. The molecule has 0 aliphatic rings. The Kier molecular flexibility index (Phi) is 3.77. The molecular formula is C17H18. The van der Waals surface area contributed by atoms with Crippen LogP contribution in [-0.2, 0) is 6.42 Å². The molecule has 86 valence electrons. The Morgan fingerprint density at radius 3 is 2.29 bits per heavy atom. The summed E-state index contributed by atoms with van der Waals surface area (Å²) in [5, 5.41) is 0. The number of hydrogen-bond acceptors (Lipinski definition) is 0. The van der Waals surface area contributed by atoms with Gasteiger partial charge in [-0.2, -0.15) is 0 Å². The molecule has 0 fully saturated rings. The van der Waals surface area contributed by atoms with E-state index < -0.39 is 0 Å². The molecule has 0 heteroatoms. The van der Waals surface area contributed by atoms with Gasteiger partial charge in [-0.15, -0.1) is 0 Å². The second kappa shape index (κ2) is 5.49. The second-order valence-electron chi connectivity index (χ2n) is 4.40. The first-order chi connectivity index (χ1) is 8.27. The summed E-state index contributed by atoms with van der Waals surface area (Å²) in [6.45, 7) is 6.34. The van der Waals surface area contributed by atoms with Gasteiger partial charge in [0.15, 0.2) is 0 Å². The maximum absolute atomic E-state index is 4.20. The Hall–Kier alpha value is -1.82. The van der Waals surface area contributed by atoms with Gasteiger partial charge in [-0.1, -0.05) is 61.2 Å². The normalized spacial score (nSPS) is 10.2. The molecule has 0 aliphatic heterocycles. The van der Waals surface area contributed by atoms with Crippen LogP contribution < -0.4 is 0 Å². The van der Waals surface area contributed by atoms with Gasteiger partial charge in [-0.25, -0.2) is 0 Å². The summed E-state index contributed by atoms with van der Waals surface area (Å²) in [6.07, 6.45) is 2.09. The van der Waals surface area contributed by atoms with Gasteiger partial charge in [-0.3, -0.25) is 0 Å². The molecule has 0 unspecified atom stereocenters. The van der Waals surface area contributed by atoms with E-state index in [-0.39, 0.29) is 0 Å². The Balaban J connectivity index is 2.01. The topological polar surface area (TPSA) is 0 Å². The van der Waals surface area contributed by atoms with Crippen molar-refractivity contribution in [3.8, 4) is 0 Å². The largest absolute Gasteiger partial charge is 0.0952 e. The van der Waals surface area contributed by atoms with Crippen LogP contribution in [0.5, 0.6) is 0 Å². The van der Waals surface area contributed by atoms with Crippen LogP contribution in [0.2, 0.25) is 0 Å². The van der Waals surface area contributed by atoms with Crippen molar-refractivity contribution in [1.29, 1.82) is 0 Å². The molecule has 0 aromatic heterocycles. The summed E-state index contributed by atoms with van der Waals surface area (Å²) in [7, 11) is 0. The van der Waals surface area contributed by atoms with Crippen molar-refractivity contribution in [2.75, 3.05) is 0 Å². The Morgan fingerprint density at radius 1 is 0.941 bits per heavy atom. The molecule has 0 aliphatic carbocycles. The van der Waals surface area contributed by atoms with E-state index in [1.54, 1.807) is 0 Å². The third kappa shape index (κ3) is 3.07.